The summed E-state index contributed by atoms with van der Waals surface area (Å²) in [5.41, 5.74) is 2.83. The van der Waals surface area contributed by atoms with Gasteiger partial charge in [0, 0.05) is 5.56 Å². The van der Waals surface area contributed by atoms with Crippen molar-refractivity contribution in [3.8, 4) is 11.1 Å². The van der Waals surface area contributed by atoms with E-state index in [4.69, 9.17) is 0 Å². The van der Waals surface area contributed by atoms with Crippen molar-refractivity contribution in [2.75, 3.05) is 0 Å². The molecule has 0 spiro atoms. The predicted molar refractivity (Wildman–Crippen MR) is 121 cm³/mol. The first-order valence-electron chi connectivity index (χ1n) is 11.4. The number of hydrogen-bond acceptors (Lipinski definition) is 0. The molecule has 0 aromatic heterocycles. The van der Waals surface area contributed by atoms with Crippen LogP contribution in [-0.4, -0.2) is 0 Å². The van der Waals surface area contributed by atoms with Gasteiger partial charge in [0.15, 0.2) is 11.6 Å². The molecule has 0 nitrogen and oxygen atoms in total. The zero-order valence-corrected chi connectivity index (χ0v) is 17.8. The Balaban J connectivity index is 1.51. The van der Waals surface area contributed by atoms with Gasteiger partial charge in [-0.2, -0.15) is 0 Å². The Morgan fingerprint density at radius 2 is 1.57 bits per heavy atom. The SMILES string of the molecule is C=CCCc1ccc(-c2ccc(C3CCC4CC(C=C)CCC4C3)c(F)c2F)cc1. The summed E-state index contributed by atoms with van der Waals surface area (Å²) in [6.07, 6.45) is 12.5. The molecule has 0 heterocycles. The molecule has 0 saturated heterocycles. The standard InChI is InChI=1S/C28H32F2/c1-3-5-6-20-8-10-21(11-9-20)25-15-16-26(28(30)27(25)29)24-14-13-22-17-19(4-2)7-12-23(22)18-24/h3-4,8-11,15-16,19,22-24H,1-2,5-7,12-14,17-18H2. The maximum atomic E-state index is 15.1. The van der Waals surface area contributed by atoms with Gasteiger partial charge in [-0.25, -0.2) is 8.78 Å². The first-order valence-corrected chi connectivity index (χ1v) is 11.4. The Hall–Kier alpha value is -2.22. The Morgan fingerprint density at radius 1 is 0.833 bits per heavy atom. The summed E-state index contributed by atoms with van der Waals surface area (Å²) in [6.45, 7) is 7.70. The van der Waals surface area contributed by atoms with Crippen LogP contribution in [0.4, 0.5) is 8.78 Å². The lowest BCUT2D eigenvalue weighted by atomic mass is 9.64. The second kappa shape index (κ2) is 9.29. The highest BCUT2D eigenvalue weighted by Crippen LogP contribution is 2.48. The lowest BCUT2D eigenvalue weighted by Gasteiger charge is -2.41. The Labute approximate surface area is 179 Å². The van der Waals surface area contributed by atoms with E-state index in [0.29, 0.717) is 23.0 Å². The molecular weight excluding hydrogens is 374 g/mol. The molecule has 2 aromatic rings. The molecule has 2 aliphatic carbocycles. The highest BCUT2D eigenvalue weighted by molar-refractivity contribution is 5.65. The van der Waals surface area contributed by atoms with Gasteiger partial charge in [0.2, 0.25) is 0 Å². The summed E-state index contributed by atoms with van der Waals surface area (Å²) < 4.78 is 30.2. The predicted octanol–water partition coefficient (Wildman–Crippen LogP) is 8.24. The molecule has 4 unspecified atom stereocenters. The molecule has 2 heteroatoms. The summed E-state index contributed by atoms with van der Waals surface area (Å²) in [5.74, 6) is 0.793. The monoisotopic (exact) mass is 406 g/mol. The summed E-state index contributed by atoms with van der Waals surface area (Å²) in [6, 6.07) is 11.4. The molecule has 30 heavy (non-hydrogen) atoms. The lowest BCUT2D eigenvalue weighted by molar-refractivity contribution is 0.132. The smallest absolute Gasteiger partial charge is 0.166 e. The fourth-order valence-electron chi connectivity index (χ4n) is 5.64. The first kappa shape index (κ1) is 21.0. The number of halogens is 2. The largest absolute Gasteiger partial charge is 0.203 e. The van der Waals surface area contributed by atoms with E-state index in [9.17, 15) is 0 Å². The van der Waals surface area contributed by atoms with E-state index in [1.54, 1.807) is 6.07 Å². The fraction of sp³-hybridized carbons (Fsp3) is 0.429. The van der Waals surface area contributed by atoms with Gasteiger partial charge in [0.1, 0.15) is 0 Å². The Bertz CT molecular complexity index is 896. The minimum Gasteiger partial charge on any atom is -0.203 e. The molecule has 4 atom stereocenters. The molecule has 0 amide bonds. The summed E-state index contributed by atoms with van der Waals surface area (Å²) in [7, 11) is 0. The van der Waals surface area contributed by atoms with Gasteiger partial charge in [-0.15, -0.1) is 13.2 Å². The molecule has 0 bridgehead atoms. The third-order valence-corrected chi connectivity index (χ3v) is 7.44. The van der Waals surface area contributed by atoms with Crippen molar-refractivity contribution >= 4 is 0 Å². The van der Waals surface area contributed by atoms with Crippen LogP contribution in [0.15, 0.2) is 61.7 Å². The lowest BCUT2D eigenvalue weighted by Crippen LogP contribution is -2.30. The van der Waals surface area contributed by atoms with Crippen molar-refractivity contribution in [1.82, 2.24) is 0 Å². The second-order valence-electron chi connectivity index (χ2n) is 9.19. The van der Waals surface area contributed by atoms with Crippen LogP contribution >= 0.6 is 0 Å². The van der Waals surface area contributed by atoms with Crippen molar-refractivity contribution in [3.63, 3.8) is 0 Å². The molecule has 0 aliphatic heterocycles. The second-order valence-corrected chi connectivity index (χ2v) is 9.19. The van der Waals surface area contributed by atoms with Gasteiger partial charge < -0.3 is 0 Å². The van der Waals surface area contributed by atoms with Gasteiger partial charge in [0.25, 0.3) is 0 Å². The quantitative estimate of drug-likeness (QED) is 0.424. The Morgan fingerprint density at radius 3 is 2.30 bits per heavy atom. The third kappa shape index (κ3) is 4.29. The van der Waals surface area contributed by atoms with E-state index in [-0.39, 0.29) is 5.92 Å². The van der Waals surface area contributed by atoms with E-state index >= 15 is 8.78 Å². The van der Waals surface area contributed by atoms with Crippen LogP contribution in [0.3, 0.4) is 0 Å². The minimum atomic E-state index is -0.705. The van der Waals surface area contributed by atoms with Crippen LogP contribution in [0.25, 0.3) is 11.1 Å². The molecule has 2 aliphatic rings. The van der Waals surface area contributed by atoms with E-state index < -0.39 is 11.6 Å². The maximum absolute atomic E-state index is 15.1. The van der Waals surface area contributed by atoms with E-state index in [1.807, 2.05) is 36.4 Å². The topological polar surface area (TPSA) is 0 Å². The molecule has 2 saturated carbocycles. The van der Waals surface area contributed by atoms with Gasteiger partial charge in [-0.1, -0.05) is 48.6 Å². The van der Waals surface area contributed by atoms with Crippen molar-refractivity contribution in [1.29, 1.82) is 0 Å². The van der Waals surface area contributed by atoms with Crippen LogP contribution in [0.5, 0.6) is 0 Å². The average Bonchev–Trinajstić information content (AvgIpc) is 2.79. The zero-order valence-electron chi connectivity index (χ0n) is 17.8. The van der Waals surface area contributed by atoms with Crippen molar-refractivity contribution in [3.05, 3.63) is 84.5 Å². The fourth-order valence-corrected chi connectivity index (χ4v) is 5.64. The Kier molecular flexibility index (Phi) is 6.51. The average molecular weight is 407 g/mol. The molecule has 0 N–H and O–H groups in total. The van der Waals surface area contributed by atoms with E-state index in [0.717, 1.165) is 43.6 Å². The van der Waals surface area contributed by atoms with Crippen LogP contribution in [0.1, 0.15) is 62.0 Å². The normalized spacial score (nSPS) is 26.1. The van der Waals surface area contributed by atoms with Crippen LogP contribution in [0, 0.1) is 29.4 Å². The van der Waals surface area contributed by atoms with Crippen LogP contribution < -0.4 is 0 Å². The number of benzene rings is 2. The van der Waals surface area contributed by atoms with Gasteiger partial charge in [-0.05, 0) is 91.7 Å². The highest BCUT2D eigenvalue weighted by atomic mass is 19.2. The zero-order chi connectivity index (χ0) is 21.1. The highest BCUT2D eigenvalue weighted by Gasteiger charge is 2.36. The number of fused-ring (bicyclic) bond motifs is 1. The van der Waals surface area contributed by atoms with Crippen LogP contribution in [-0.2, 0) is 6.42 Å². The first-order chi connectivity index (χ1) is 14.6. The molecule has 0 radical (unpaired) electrons. The molecular formula is C28H32F2. The van der Waals surface area contributed by atoms with E-state index in [2.05, 4.69) is 19.2 Å². The number of aryl methyl sites for hydroxylation is 1. The van der Waals surface area contributed by atoms with Crippen molar-refractivity contribution < 1.29 is 8.78 Å². The molecule has 2 fully saturated rings. The van der Waals surface area contributed by atoms with Gasteiger partial charge >= 0.3 is 0 Å². The molecule has 158 valence electrons. The summed E-state index contributed by atoms with van der Waals surface area (Å²) in [4.78, 5) is 0. The number of allylic oxidation sites excluding steroid dienone is 2. The number of rotatable bonds is 6. The molecule has 4 rings (SSSR count). The van der Waals surface area contributed by atoms with Gasteiger partial charge in [0.05, 0.1) is 0 Å². The third-order valence-electron chi connectivity index (χ3n) is 7.44. The van der Waals surface area contributed by atoms with E-state index in [1.165, 1.54) is 24.8 Å². The van der Waals surface area contributed by atoms with Crippen LogP contribution in [0.2, 0.25) is 0 Å². The maximum Gasteiger partial charge on any atom is 0.166 e. The van der Waals surface area contributed by atoms with Crippen molar-refractivity contribution in [2.45, 2.75) is 57.3 Å². The van der Waals surface area contributed by atoms with Gasteiger partial charge in [-0.3, -0.25) is 0 Å². The summed E-state index contributed by atoms with van der Waals surface area (Å²) >= 11 is 0. The summed E-state index contributed by atoms with van der Waals surface area (Å²) in [5, 5.41) is 0. The van der Waals surface area contributed by atoms with Crippen molar-refractivity contribution in [2.24, 2.45) is 17.8 Å². The minimum absolute atomic E-state index is 0.136. The molecule has 2 aromatic carbocycles. The number of hydrogen-bond donors (Lipinski definition) is 0.